The third-order valence-electron chi connectivity index (χ3n) is 3.56. The van der Waals surface area contributed by atoms with Gasteiger partial charge < -0.3 is 10.0 Å². The maximum Gasteiger partial charge on any atom is 0.306 e. The van der Waals surface area contributed by atoms with Crippen LogP contribution in [0.4, 0.5) is 0 Å². The number of carbonyl (C=O) groups excluding carboxylic acids is 1. The Kier molecular flexibility index (Phi) is 3.65. The van der Waals surface area contributed by atoms with Gasteiger partial charge in [0.25, 0.3) is 0 Å². The van der Waals surface area contributed by atoms with Gasteiger partial charge in [0, 0.05) is 19.0 Å². The zero-order valence-electron chi connectivity index (χ0n) is 10.4. The van der Waals surface area contributed by atoms with E-state index >= 15 is 0 Å². The molecule has 0 saturated carbocycles. The molecule has 0 radical (unpaired) electrons. The first kappa shape index (κ1) is 12.6. The Bertz CT molecular complexity index is 438. The van der Waals surface area contributed by atoms with Crippen LogP contribution >= 0.6 is 0 Å². The summed E-state index contributed by atoms with van der Waals surface area (Å²) in [5.74, 6) is -0.974. The predicted molar refractivity (Wildman–Crippen MR) is 67.0 cm³/mol. The molecule has 1 saturated heterocycles. The molecule has 1 unspecified atom stereocenters. The molecule has 2 rings (SSSR count). The van der Waals surface area contributed by atoms with Gasteiger partial charge in [-0.15, -0.1) is 0 Å². The van der Waals surface area contributed by atoms with Crippen molar-refractivity contribution < 1.29 is 14.7 Å². The number of nitrogens with zero attached hydrogens (tertiary/aromatic N) is 1. The molecule has 1 atom stereocenters. The second-order valence-electron chi connectivity index (χ2n) is 4.85. The zero-order chi connectivity index (χ0) is 13.1. The number of hydrogen-bond acceptors (Lipinski definition) is 2. The molecule has 96 valence electrons. The third kappa shape index (κ3) is 2.70. The van der Waals surface area contributed by atoms with Crippen LogP contribution in [0.25, 0.3) is 0 Å². The average molecular weight is 247 g/mol. The van der Waals surface area contributed by atoms with Gasteiger partial charge in [-0.05, 0) is 5.56 Å². The van der Waals surface area contributed by atoms with Crippen molar-refractivity contribution in [2.45, 2.75) is 13.3 Å². The number of carboxylic acid groups (broad SMARTS) is 1. The Morgan fingerprint density at radius 2 is 1.94 bits per heavy atom. The standard InChI is InChI=1S/C14H17NO3/c1-10(14(17)18)12-8-15(9-12)13(16)7-11-5-3-2-4-6-11/h2-6,10,12H,7-9H2,1H3,(H,17,18). The van der Waals surface area contributed by atoms with Crippen molar-refractivity contribution in [2.24, 2.45) is 11.8 Å². The van der Waals surface area contributed by atoms with Crippen molar-refractivity contribution in [2.75, 3.05) is 13.1 Å². The number of carboxylic acids is 1. The van der Waals surface area contributed by atoms with Crippen LogP contribution in [0.5, 0.6) is 0 Å². The van der Waals surface area contributed by atoms with Crippen molar-refractivity contribution in [3.8, 4) is 0 Å². The SMILES string of the molecule is CC(C(=O)O)C1CN(C(=O)Cc2ccccc2)C1. The second kappa shape index (κ2) is 5.21. The lowest BCUT2D eigenvalue weighted by molar-refractivity contribution is -0.150. The van der Waals surface area contributed by atoms with Crippen LogP contribution in [0.2, 0.25) is 0 Å². The normalized spacial score (nSPS) is 17.1. The van der Waals surface area contributed by atoms with Crippen LogP contribution in [0, 0.1) is 11.8 Å². The van der Waals surface area contributed by atoms with E-state index < -0.39 is 5.97 Å². The van der Waals surface area contributed by atoms with E-state index in [1.807, 2.05) is 30.3 Å². The molecule has 18 heavy (non-hydrogen) atoms. The zero-order valence-corrected chi connectivity index (χ0v) is 10.4. The molecule has 1 N–H and O–H groups in total. The van der Waals surface area contributed by atoms with E-state index in [9.17, 15) is 9.59 Å². The van der Waals surface area contributed by atoms with Gasteiger partial charge in [0.15, 0.2) is 0 Å². The monoisotopic (exact) mass is 247 g/mol. The summed E-state index contributed by atoms with van der Waals surface area (Å²) >= 11 is 0. The number of carbonyl (C=O) groups is 2. The molecule has 1 fully saturated rings. The molecule has 4 nitrogen and oxygen atoms in total. The third-order valence-corrected chi connectivity index (χ3v) is 3.56. The Hall–Kier alpha value is -1.84. The maximum atomic E-state index is 11.9. The number of likely N-dealkylation sites (tertiary alicyclic amines) is 1. The fourth-order valence-corrected chi connectivity index (χ4v) is 2.12. The van der Waals surface area contributed by atoms with E-state index in [2.05, 4.69) is 0 Å². The van der Waals surface area contributed by atoms with E-state index in [0.29, 0.717) is 19.5 Å². The summed E-state index contributed by atoms with van der Waals surface area (Å²) in [6, 6.07) is 9.59. The highest BCUT2D eigenvalue weighted by molar-refractivity contribution is 5.80. The van der Waals surface area contributed by atoms with E-state index in [0.717, 1.165) is 5.56 Å². The Morgan fingerprint density at radius 3 is 2.50 bits per heavy atom. The maximum absolute atomic E-state index is 11.9. The predicted octanol–water partition coefficient (Wildman–Crippen LogP) is 1.41. The van der Waals surface area contributed by atoms with Gasteiger partial charge in [0.2, 0.25) is 5.91 Å². The molecular formula is C14H17NO3. The van der Waals surface area contributed by atoms with E-state index in [-0.39, 0.29) is 17.7 Å². The molecule has 1 aliphatic rings. The van der Waals surface area contributed by atoms with Crippen molar-refractivity contribution in [1.82, 2.24) is 4.90 Å². The highest BCUT2D eigenvalue weighted by Crippen LogP contribution is 2.24. The van der Waals surface area contributed by atoms with Gasteiger partial charge in [-0.3, -0.25) is 9.59 Å². The van der Waals surface area contributed by atoms with Gasteiger partial charge in [-0.1, -0.05) is 37.3 Å². The first-order chi connectivity index (χ1) is 8.58. The first-order valence-electron chi connectivity index (χ1n) is 6.12. The minimum atomic E-state index is -0.782. The Labute approximate surface area is 106 Å². The largest absolute Gasteiger partial charge is 0.481 e. The highest BCUT2D eigenvalue weighted by atomic mass is 16.4. The van der Waals surface area contributed by atoms with Crippen LogP contribution < -0.4 is 0 Å². The molecule has 1 heterocycles. The van der Waals surface area contributed by atoms with Crippen LogP contribution in [0.1, 0.15) is 12.5 Å². The average Bonchev–Trinajstić information content (AvgIpc) is 2.28. The van der Waals surface area contributed by atoms with Gasteiger partial charge in [0.05, 0.1) is 12.3 Å². The van der Waals surface area contributed by atoms with E-state index in [1.165, 1.54) is 0 Å². The number of benzene rings is 1. The van der Waals surface area contributed by atoms with Gasteiger partial charge in [-0.2, -0.15) is 0 Å². The number of hydrogen-bond donors (Lipinski definition) is 1. The van der Waals surface area contributed by atoms with Crippen LogP contribution in [0.3, 0.4) is 0 Å². The topological polar surface area (TPSA) is 57.6 Å². The van der Waals surface area contributed by atoms with Crippen molar-refractivity contribution >= 4 is 11.9 Å². The molecule has 1 aromatic carbocycles. The summed E-state index contributed by atoms with van der Waals surface area (Å²) in [5.41, 5.74) is 0.997. The molecule has 0 bridgehead atoms. The molecule has 1 aromatic rings. The smallest absolute Gasteiger partial charge is 0.306 e. The summed E-state index contributed by atoms with van der Waals surface area (Å²) < 4.78 is 0. The minimum absolute atomic E-state index is 0.0787. The van der Waals surface area contributed by atoms with Crippen molar-refractivity contribution in [3.63, 3.8) is 0 Å². The first-order valence-corrected chi connectivity index (χ1v) is 6.12. The summed E-state index contributed by atoms with van der Waals surface area (Å²) in [6.07, 6.45) is 0.398. The highest BCUT2D eigenvalue weighted by Gasteiger charge is 2.36. The minimum Gasteiger partial charge on any atom is -0.481 e. The summed E-state index contributed by atoms with van der Waals surface area (Å²) in [7, 11) is 0. The molecule has 0 spiro atoms. The van der Waals surface area contributed by atoms with Crippen LogP contribution in [-0.2, 0) is 16.0 Å². The van der Waals surface area contributed by atoms with Gasteiger partial charge in [0.1, 0.15) is 0 Å². The van der Waals surface area contributed by atoms with Gasteiger partial charge in [-0.25, -0.2) is 0 Å². The molecule has 0 aromatic heterocycles. The van der Waals surface area contributed by atoms with Gasteiger partial charge >= 0.3 is 5.97 Å². The number of rotatable bonds is 4. The van der Waals surface area contributed by atoms with Crippen LogP contribution in [-0.4, -0.2) is 35.0 Å². The lowest BCUT2D eigenvalue weighted by atomic mass is 9.87. The number of amides is 1. The summed E-state index contributed by atoms with van der Waals surface area (Å²) in [6.45, 7) is 2.84. The number of aliphatic carboxylic acids is 1. The summed E-state index contributed by atoms with van der Waals surface area (Å²) in [4.78, 5) is 24.4. The second-order valence-corrected chi connectivity index (χ2v) is 4.85. The molecule has 1 amide bonds. The Morgan fingerprint density at radius 1 is 1.33 bits per heavy atom. The van der Waals surface area contributed by atoms with Crippen molar-refractivity contribution in [1.29, 1.82) is 0 Å². The quantitative estimate of drug-likeness (QED) is 0.875. The fourth-order valence-electron chi connectivity index (χ4n) is 2.12. The van der Waals surface area contributed by atoms with Crippen molar-refractivity contribution in [3.05, 3.63) is 35.9 Å². The van der Waals surface area contributed by atoms with E-state index in [4.69, 9.17) is 5.11 Å². The lowest BCUT2D eigenvalue weighted by Crippen LogP contribution is -2.53. The molecule has 0 aliphatic carbocycles. The lowest BCUT2D eigenvalue weighted by Gasteiger charge is -2.41. The van der Waals surface area contributed by atoms with E-state index in [1.54, 1.807) is 11.8 Å². The summed E-state index contributed by atoms with van der Waals surface area (Å²) in [5, 5.41) is 8.87. The molecule has 1 aliphatic heterocycles. The molecule has 4 heteroatoms. The van der Waals surface area contributed by atoms with Crippen LogP contribution in [0.15, 0.2) is 30.3 Å². The molecular weight excluding hydrogens is 230 g/mol. The fraction of sp³-hybridized carbons (Fsp3) is 0.429. The Balaban J connectivity index is 1.82.